The van der Waals surface area contributed by atoms with E-state index in [0.717, 1.165) is 23.3 Å². The van der Waals surface area contributed by atoms with E-state index in [0.29, 0.717) is 15.3 Å². The van der Waals surface area contributed by atoms with Gasteiger partial charge in [0, 0.05) is 25.7 Å². The van der Waals surface area contributed by atoms with Gasteiger partial charge in [0.25, 0.3) is 15.1 Å². The lowest BCUT2D eigenvalue weighted by Crippen LogP contribution is -2.46. The second-order valence-electron chi connectivity index (χ2n) is 6.53. The molecule has 168 valence electrons. The molecule has 0 saturated heterocycles. The number of nitrogens with two attached hydrogens (primary N) is 1. The van der Waals surface area contributed by atoms with Crippen LogP contribution in [0.4, 0.5) is 4.79 Å². The van der Waals surface area contributed by atoms with E-state index >= 15 is 0 Å². The van der Waals surface area contributed by atoms with Gasteiger partial charge < -0.3 is 9.57 Å². The molecule has 1 aliphatic heterocycles. The Labute approximate surface area is 187 Å². The van der Waals surface area contributed by atoms with Gasteiger partial charge in [-0.15, -0.1) is 21.5 Å². The molecule has 2 heterocycles. The number of fused-ring (bicyclic) bond motifs is 1. The Morgan fingerprint density at radius 2 is 2.19 bits per heavy atom. The van der Waals surface area contributed by atoms with Crippen LogP contribution in [0, 0.1) is 10.1 Å². The van der Waals surface area contributed by atoms with Crippen molar-refractivity contribution in [3.63, 3.8) is 0 Å². The van der Waals surface area contributed by atoms with Gasteiger partial charge in [-0.1, -0.05) is 12.1 Å². The number of sulfonamides is 1. The number of thiophene rings is 1. The number of amides is 1. The number of hydrogen-bond acceptors (Lipinski definition) is 10. The van der Waals surface area contributed by atoms with Gasteiger partial charge in [-0.2, -0.15) is 4.31 Å². The molecule has 1 atom stereocenters. The molecule has 0 bridgehead atoms. The summed E-state index contributed by atoms with van der Waals surface area (Å²) in [5, 5.41) is 15.1. The number of carbonyl (C=O) groups excluding carboxylic acids is 1. The van der Waals surface area contributed by atoms with Crippen LogP contribution in [0.5, 0.6) is 5.75 Å². The minimum atomic E-state index is -3.65. The van der Waals surface area contributed by atoms with Gasteiger partial charge in [0.15, 0.2) is 0 Å². The van der Waals surface area contributed by atoms with Crippen LogP contribution in [0.1, 0.15) is 24.1 Å². The lowest BCUT2D eigenvalue weighted by atomic mass is 10.1. The predicted octanol–water partition coefficient (Wildman–Crippen LogP) is 2.62. The molecule has 0 spiro atoms. The molecule has 2 aromatic rings. The second kappa shape index (κ2) is 9.40. The van der Waals surface area contributed by atoms with Crippen molar-refractivity contribution < 1.29 is 27.9 Å². The fourth-order valence-electron chi connectivity index (χ4n) is 3.17. The van der Waals surface area contributed by atoms with Gasteiger partial charge in [-0.25, -0.2) is 13.2 Å². The number of carbonyl (C=O) groups is 1. The largest absolute Gasteiger partial charge is 0.415 e. The van der Waals surface area contributed by atoms with Crippen molar-refractivity contribution in [3.8, 4) is 5.75 Å². The Hall–Kier alpha value is -2.39. The summed E-state index contributed by atoms with van der Waals surface area (Å²) in [5.74, 6) is 0.188. The minimum Gasteiger partial charge on any atom is -0.410 e. The Morgan fingerprint density at radius 1 is 1.45 bits per heavy atom. The number of rotatable bonds is 7. The molecule has 0 radical (unpaired) electrons. The van der Waals surface area contributed by atoms with Crippen molar-refractivity contribution in [1.82, 2.24) is 9.21 Å². The lowest BCUT2D eigenvalue weighted by molar-refractivity contribution is -0.763. The molecule has 14 heteroatoms. The summed E-state index contributed by atoms with van der Waals surface area (Å²) < 4.78 is 32.8. The van der Waals surface area contributed by atoms with Gasteiger partial charge in [0.2, 0.25) is 0 Å². The average Bonchev–Trinajstić information content (AvgIpc) is 3.17. The Balaban J connectivity index is 1.85. The quantitative estimate of drug-likeness (QED) is 0.353. The molecular formula is C17H20N4O7S3. The van der Waals surface area contributed by atoms with Crippen molar-refractivity contribution in [1.29, 1.82) is 0 Å². The van der Waals surface area contributed by atoms with E-state index in [-0.39, 0.29) is 29.7 Å². The fourth-order valence-corrected chi connectivity index (χ4v) is 6.83. The molecule has 2 N–H and O–H groups in total. The van der Waals surface area contributed by atoms with Crippen LogP contribution in [0.25, 0.3) is 0 Å². The molecule has 0 fully saturated rings. The van der Waals surface area contributed by atoms with Crippen LogP contribution in [-0.2, 0) is 21.5 Å². The molecule has 3 rings (SSSR count). The predicted molar refractivity (Wildman–Crippen MR) is 114 cm³/mol. The molecule has 1 aromatic carbocycles. The normalized spacial score (nSPS) is 17.6. The van der Waals surface area contributed by atoms with Crippen molar-refractivity contribution >= 4 is 39.4 Å². The Morgan fingerprint density at radius 3 is 2.84 bits per heavy atom. The standard InChI is InChI=1S/C17H20N4O7S3/c1-3-20(17(22)28-12-6-4-5-11(7-12)10-27-21(23)24)14-9-19(2)31(25,26)16-13(14)8-15(29-16)30-18/h4-8,14H,3,9-10,18H2,1-2H3/t14-/m0/s1. The monoisotopic (exact) mass is 488 g/mol. The van der Waals surface area contributed by atoms with Crippen LogP contribution in [-0.4, -0.2) is 48.9 Å². The van der Waals surface area contributed by atoms with E-state index < -0.39 is 27.2 Å². The Kier molecular flexibility index (Phi) is 7.06. The second-order valence-corrected chi connectivity index (χ2v) is 10.8. The van der Waals surface area contributed by atoms with E-state index in [1.54, 1.807) is 25.1 Å². The summed E-state index contributed by atoms with van der Waals surface area (Å²) in [4.78, 5) is 29.1. The van der Waals surface area contributed by atoms with Crippen LogP contribution in [0.15, 0.2) is 38.8 Å². The zero-order valence-corrected chi connectivity index (χ0v) is 19.0. The first-order chi connectivity index (χ1) is 14.7. The van der Waals surface area contributed by atoms with E-state index in [1.807, 2.05) is 0 Å². The highest BCUT2D eigenvalue weighted by Crippen LogP contribution is 2.42. The molecule has 0 saturated carbocycles. The van der Waals surface area contributed by atoms with Crippen molar-refractivity contribution in [2.45, 2.75) is 28.0 Å². The van der Waals surface area contributed by atoms with Crippen LogP contribution >= 0.6 is 23.3 Å². The van der Waals surface area contributed by atoms with Gasteiger partial charge in [0.1, 0.15) is 16.6 Å². The highest BCUT2D eigenvalue weighted by molar-refractivity contribution is 7.99. The van der Waals surface area contributed by atoms with Crippen molar-refractivity contribution in [2.24, 2.45) is 5.14 Å². The first kappa shape index (κ1) is 23.3. The summed E-state index contributed by atoms with van der Waals surface area (Å²) in [6.07, 6.45) is -0.674. The molecule has 0 aliphatic carbocycles. The number of likely N-dealkylation sites (N-methyl/N-ethyl adjacent to an activating group) is 2. The van der Waals surface area contributed by atoms with Gasteiger partial charge >= 0.3 is 6.09 Å². The van der Waals surface area contributed by atoms with E-state index in [4.69, 9.17) is 9.88 Å². The molecule has 1 amide bonds. The molecule has 1 aromatic heterocycles. The molecule has 0 unspecified atom stereocenters. The number of benzene rings is 1. The summed E-state index contributed by atoms with van der Waals surface area (Å²) in [6.45, 7) is 1.82. The van der Waals surface area contributed by atoms with Crippen molar-refractivity contribution in [3.05, 3.63) is 51.6 Å². The first-order valence-electron chi connectivity index (χ1n) is 8.98. The summed E-state index contributed by atoms with van der Waals surface area (Å²) >= 11 is 2.01. The maximum atomic E-state index is 12.9. The van der Waals surface area contributed by atoms with Gasteiger partial charge in [-0.3, -0.25) is 10.0 Å². The van der Waals surface area contributed by atoms with E-state index in [1.165, 1.54) is 28.4 Å². The minimum absolute atomic E-state index is 0.0698. The maximum Gasteiger partial charge on any atom is 0.415 e. The average molecular weight is 489 g/mol. The number of nitrogens with zero attached hydrogens (tertiary/aromatic N) is 3. The number of hydrogen-bond donors (Lipinski definition) is 1. The molecule has 11 nitrogen and oxygen atoms in total. The third kappa shape index (κ3) is 4.93. The fraction of sp³-hybridized carbons (Fsp3) is 0.353. The zero-order chi connectivity index (χ0) is 22.8. The van der Waals surface area contributed by atoms with Crippen LogP contribution < -0.4 is 9.88 Å². The first-order valence-corrected chi connectivity index (χ1v) is 12.1. The van der Waals surface area contributed by atoms with Crippen LogP contribution in [0.3, 0.4) is 0 Å². The maximum absolute atomic E-state index is 12.9. The highest BCUT2D eigenvalue weighted by atomic mass is 32.3. The van der Waals surface area contributed by atoms with Crippen LogP contribution in [0.2, 0.25) is 0 Å². The van der Waals surface area contributed by atoms with Gasteiger partial charge in [0.05, 0.1) is 10.3 Å². The molecule has 31 heavy (non-hydrogen) atoms. The number of ether oxygens (including phenoxy) is 1. The Bertz CT molecular complexity index is 1090. The van der Waals surface area contributed by atoms with Gasteiger partial charge in [-0.05, 0) is 42.6 Å². The van der Waals surface area contributed by atoms with Crippen molar-refractivity contribution in [2.75, 3.05) is 20.1 Å². The third-order valence-corrected chi connectivity index (χ3v) is 8.83. The smallest absolute Gasteiger partial charge is 0.410 e. The lowest BCUT2D eigenvalue weighted by Gasteiger charge is -2.36. The SMILES string of the molecule is CCN(C(=O)Oc1cccc(CO[N+](=O)[O-])c1)[C@H]1CN(C)S(=O)(=O)c2sc(SN)cc21. The van der Waals surface area contributed by atoms with E-state index in [2.05, 4.69) is 4.84 Å². The molecular weight excluding hydrogens is 468 g/mol. The topological polar surface area (TPSA) is 145 Å². The zero-order valence-electron chi connectivity index (χ0n) is 16.6. The summed E-state index contributed by atoms with van der Waals surface area (Å²) in [5.41, 5.74) is 0.959. The summed E-state index contributed by atoms with van der Waals surface area (Å²) in [7, 11) is -2.20. The van der Waals surface area contributed by atoms with E-state index in [9.17, 15) is 23.3 Å². The summed E-state index contributed by atoms with van der Waals surface area (Å²) in [6, 6.07) is 7.32. The molecule has 1 aliphatic rings. The third-order valence-electron chi connectivity index (χ3n) is 4.64. The highest BCUT2D eigenvalue weighted by Gasteiger charge is 2.41.